The van der Waals surface area contributed by atoms with Gasteiger partial charge in [0, 0.05) is 12.6 Å². The number of hydrogen-bond acceptors (Lipinski definition) is 4. The van der Waals surface area contributed by atoms with E-state index in [1.165, 1.54) is 6.08 Å². The van der Waals surface area contributed by atoms with E-state index in [2.05, 4.69) is 6.58 Å². The Balaban J connectivity index is 2.83. The molecule has 0 spiro atoms. The van der Waals surface area contributed by atoms with E-state index in [-0.39, 0.29) is 25.1 Å². The van der Waals surface area contributed by atoms with Crippen LogP contribution in [0.2, 0.25) is 0 Å². The topological polar surface area (TPSA) is 63.7 Å². The van der Waals surface area contributed by atoms with Crippen molar-refractivity contribution in [3.05, 3.63) is 24.3 Å². The summed E-state index contributed by atoms with van der Waals surface area (Å²) >= 11 is 0. The molecule has 1 aliphatic rings. The Hall–Kier alpha value is -1.91. The molecule has 86 valence electrons. The Morgan fingerprint density at radius 3 is 2.81 bits per heavy atom. The molecular formula is C11H13NO4. The third kappa shape index (κ3) is 2.56. The van der Waals surface area contributed by atoms with Gasteiger partial charge in [-0.05, 0) is 6.92 Å². The van der Waals surface area contributed by atoms with Crippen LogP contribution in [-0.2, 0) is 19.1 Å². The van der Waals surface area contributed by atoms with Gasteiger partial charge in [-0.15, -0.1) is 6.58 Å². The largest absolute Gasteiger partial charge is 0.463 e. The Kier molecular flexibility index (Phi) is 3.99. The molecule has 0 atom stereocenters. The number of rotatable bonds is 4. The fourth-order valence-electron chi connectivity index (χ4n) is 1.34. The summed E-state index contributed by atoms with van der Waals surface area (Å²) in [7, 11) is 0. The van der Waals surface area contributed by atoms with Gasteiger partial charge in [-0.25, -0.2) is 4.79 Å². The van der Waals surface area contributed by atoms with Crippen LogP contribution in [0.15, 0.2) is 24.3 Å². The van der Waals surface area contributed by atoms with E-state index in [4.69, 9.17) is 4.74 Å². The highest BCUT2D eigenvalue weighted by atomic mass is 16.5. The molecule has 1 rings (SSSR count). The van der Waals surface area contributed by atoms with E-state index in [1.54, 1.807) is 6.92 Å². The molecule has 0 saturated carbocycles. The first-order chi connectivity index (χ1) is 7.60. The number of ether oxygens (including phenoxy) is 1. The van der Waals surface area contributed by atoms with Crippen molar-refractivity contribution in [1.29, 1.82) is 0 Å². The van der Waals surface area contributed by atoms with Crippen molar-refractivity contribution in [3.63, 3.8) is 0 Å². The number of carbonyl (C=O) groups is 3. The molecule has 1 aliphatic heterocycles. The zero-order valence-corrected chi connectivity index (χ0v) is 9.06. The van der Waals surface area contributed by atoms with Crippen molar-refractivity contribution >= 4 is 17.8 Å². The van der Waals surface area contributed by atoms with Crippen molar-refractivity contribution < 1.29 is 19.1 Å². The summed E-state index contributed by atoms with van der Waals surface area (Å²) in [5.74, 6) is -1.52. The second kappa shape index (κ2) is 5.25. The summed E-state index contributed by atoms with van der Waals surface area (Å²) in [6.07, 6.45) is 2.50. The zero-order chi connectivity index (χ0) is 12.1. The number of imide groups is 1. The van der Waals surface area contributed by atoms with Gasteiger partial charge in [-0.2, -0.15) is 0 Å². The Bertz CT molecular complexity index is 370. The zero-order valence-electron chi connectivity index (χ0n) is 9.06. The number of esters is 1. The van der Waals surface area contributed by atoms with E-state index in [9.17, 15) is 14.4 Å². The molecule has 0 aromatic carbocycles. The number of carbonyl (C=O) groups excluding carboxylic acids is 3. The minimum atomic E-state index is -0.609. The predicted molar refractivity (Wildman–Crippen MR) is 56.3 cm³/mol. The molecule has 0 N–H and O–H groups in total. The fourth-order valence-corrected chi connectivity index (χ4v) is 1.34. The van der Waals surface area contributed by atoms with Crippen LogP contribution in [0.1, 0.15) is 13.3 Å². The van der Waals surface area contributed by atoms with Crippen LogP contribution in [0.5, 0.6) is 0 Å². The molecule has 0 aromatic rings. The quantitative estimate of drug-likeness (QED) is 0.393. The van der Waals surface area contributed by atoms with Crippen LogP contribution in [-0.4, -0.2) is 35.8 Å². The normalized spacial score (nSPS) is 15.8. The number of nitrogens with zero attached hydrogens (tertiary/aromatic N) is 1. The van der Waals surface area contributed by atoms with E-state index >= 15 is 0 Å². The molecule has 5 heteroatoms. The first-order valence-corrected chi connectivity index (χ1v) is 4.93. The highest BCUT2D eigenvalue weighted by Gasteiger charge is 2.28. The maximum Gasteiger partial charge on any atom is 0.334 e. The van der Waals surface area contributed by atoms with E-state index in [0.29, 0.717) is 0 Å². The van der Waals surface area contributed by atoms with Gasteiger partial charge in [-0.1, -0.05) is 6.08 Å². The molecule has 0 aromatic heterocycles. The van der Waals surface area contributed by atoms with Crippen molar-refractivity contribution in [2.24, 2.45) is 0 Å². The van der Waals surface area contributed by atoms with Gasteiger partial charge < -0.3 is 4.74 Å². The second-order valence-corrected chi connectivity index (χ2v) is 3.20. The number of hydrogen-bond donors (Lipinski definition) is 0. The van der Waals surface area contributed by atoms with Gasteiger partial charge >= 0.3 is 5.97 Å². The van der Waals surface area contributed by atoms with Gasteiger partial charge in [0.25, 0.3) is 5.91 Å². The molecule has 0 bridgehead atoms. The van der Waals surface area contributed by atoms with Crippen LogP contribution in [0, 0.1) is 0 Å². The van der Waals surface area contributed by atoms with E-state index in [0.717, 1.165) is 11.0 Å². The summed E-state index contributed by atoms with van der Waals surface area (Å²) in [5, 5.41) is 0. The van der Waals surface area contributed by atoms with Crippen LogP contribution < -0.4 is 0 Å². The molecule has 0 saturated heterocycles. The van der Waals surface area contributed by atoms with Crippen molar-refractivity contribution in [2.45, 2.75) is 13.3 Å². The molecule has 0 unspecified atom stereocenters. The fraction of sp³-hybridized carbons (Fsp3) is 0.364. The van der Waals surface area contributed by atoms with Crippen molar-refractivity contribution in [1.82, 2.24) is 4.90 Å². The van der Waals surface area contributed by atoms with E-state index < -0.39 is 17.8 Å². The summed E-state index contributed by atoms with van der Waals surface area (Å²) in [5.41, 5.74) is 0.108. The Morgan fingerprint density at radius 2 is 2.31 bits per heavy atom. The highest BCUT2D eigenvalue weighted by molar-refractivity contribution is 6.11. The average molecular weight is 223 g/mol. The second-order valence-electron chi connectivity index (χ2n) is 3.20. The van der Waals surface area contributed by atoms with Gasteiger partial charge in [-0.3, -0.25) is 14.5 Å². The van der Waals surface area contributed by atoms with Gasteiger partial charge in [0.05, 0.1) is 18.6 Å². The first kappa shape index (κ1) is 12.2. The molecular weight excluding hydrogens is 210 g/mol. The summed E-state index contributed by atoms with van der Waals surface area (Å²) < 4.78 is 4.72. The summed E-state index contributed by atoms with van der Waals surface area (Å²) in [4.78, 5) is 35.4. The molecule has 0 aliphatic carbocycles. The highest BCUT2D eigenvalue weighted by Crippen LogP contribution is 2.14. The first-order valence-electron chi connectivity index (χ1n) is 4.93. The molecule has 0 radical (unpaired) electrons. The minimum Gasteiger partial charge on any atom is -0.463 e. The summed E-state index contributed by atoms with van der Waals surface area (Å²) in [6.45, 7) is 5.48. The number of amides is 2. The standard InChI is InChI=1S/C11H13NO4/c1-3-5-12-9(13)6-8(7-10(12)14)11(15)16-4-2/h3,6H,1,4-5,7H2,2H3. The lowest BCUT2D eigenvalue weighted by atomic mass is 10.1. The van der Waals surface area contributed by atoms with Gasteiger partial charge in [0.15, 0.2) is 0 Å². The van der Waals surface area contributed by atoms with Crippen molar-refractivity contribution in [2.75, 3.05) is 13.2 Å². The van der Waals surface area contributed by atoms with E-state index in [1.807, 2.05) is 0 Å². The lowest BCUT2D eigenvalue weighted by Gasteiger charge is -2.22. The molecule has 1 heterocycles. The average Bonchev–Trinajstić information content (AvgIpc) is 2.23. The lowest BCUT2D eigenvalue weighted by Crippen LogP contribution is -2.40. The Labute approximate surface area is 93.4 Å². The lowest BCUT2D eigenvalue weighted by molar-refractivity contribution is -0.146. The SMILES string of the molecule is C=CCN1C(=O)C=C(C(=O)OCC)CC1=O. The third-order valence-electron chi connectivity index (χ3n) is 2.06. The Morgan fingerprint density at radius 1 is 1.62 bits per heavy atom. The maximum atomic E-state index is 11.5. The smallest absolute Gasteiger partial charge is 0.334 e. The van der Waals surface area contributed by atoms with Crippen LogP contribution in [0.3, 0.4) is 0 Å². The van der Waals surface area contributed by atoms with Crippen LogP contribution >= 0.6 is 0 Å². The van der Waals surface area contributed by atoms with Gasteiger partial charge in [0.1, 0.15) is 0 Å². The van der Waals surface area contributed by atoms with Gasteiger partial charge in [0.2, 0.25) is 5.91 Å². The summed E-state index contributed by atoms with van der Waals surface area (Å²) in [6, 6.07) is 0. The molecule has 2 amide bonds. The minimum absolute atomic E-state index is 0.0988. The monoisotopic (exact) mass is 223 g/mol. The molecule has 0 fully saturated rings. The van der Waals surface area contributed by atoms with Crippen LogP contribution in [0.4, 0.5) is 0 Å². The maximum absolute atomic E-state index is 11.5. The third-order valence-corrected chi connectivity index (χ3v) is 2.06. The predicted octanol–water partition coefficient (Wildman–Crippen LogP) is 0.421. The van der Waals surface area contributed by atoms with Crippen LogP contribution in [0.25, 0.3) is 0 Å². The molecule has 5 nitrogen and oxygen atoms in total. The van der Waals surface area contributed by atoms with Crippen molar-refractivity contribution in [3.8, 4) is 0 Å². The molecule has 16 heavy (non-hydrogen) atoms.